The van der Waals surface area contributed by atoms with Crippen molar-refractivity contribution in [1.82, 2.24) is 0 Å². The molecule has 3 rings (SSSR count). The Kier molecular flexibility index (Phi) is 10.6. The van der Waals surface area contributed by atoms with E-state index >= 15 is 0 Å². The summed E-state index contributed by atoms with van der Waals surface area (Å²) in [6.07, 6.45) is 3.95. The van der Waals surface area contributed by atoms with E-state index in [9.17, 15) is 0 Å². The fourth-order valence-corrected chi connectivity index (χ4v) is 14.6. The predicted molar refractivity (Wildman–Crippen MR) is 139 cm³/mol. The first-order chi connectivity index (χ1) is 14.2. The molecule has 0 amide bonds. The molecule has 0 heterocycles. The van der Waals surface area contributed by atoms with Gasteiger partial charge in [-0.1, -0.05) is 0 Å². The number of hydrogen-bond donors (Lipinski definition) is 0. The van der Waals surface area contributed by atoms with Crippen LogP contribution >= 0.6 is 40.8 Å². The topological polar surface area (TPSA) is 0 Å². The van der Waals surface area contributed by atoms with Crippen molar-refractivity contribution in [2.75, 3.05) is 35.7 Å². The predicted octanol–water partition coefficient (Wildman–Crippen LogP) is 7.46. The summed E-state index contributed by atoms with van der Waals surface area (Å²) in [7, 11) is 0. The summed E-state index contributed by atoms with van der Waals surface area (Å²) in [5.41, 5.74) is -1.07. The standard InChI is InChI=1S/C24H27PS3Se/c29-25(16-19-26-22-10-4-1-5-11-22,17-20-27-23-12-6-2-7-13-23)18-21-28-24-14-8-3-9-15-24/h1-15H,16-21H2. The number of hydrogen-bond acceptors (Lipinski definition) is 3. The molecule has 0 spiro atoms. The van der Waals surface area contributed by atoms with Gasteiger partial charge in [0.2, 0.25) is 0 Å². The zero-order valence-corrected chi connectivity index (χ0v) is 21.5. The van der Waals surface area contributed by atoms with Gasteiger partial charge in [-0.05, 0) is 0 Å². The van der Waals surface area contributed by atoms with Crippen LogP contribution in [-0.4, -0.2) is 50.8 Å². The summed E-state index contributed by atoms with van der Waals surface area (Å²) < 4.78 is 0. The summed E-state index contributed by atoms with van der Waals surface area (Å²) in [6, 6.07) is 32.4. The van der Waals surface area contributed by atoms with Crippen molar-refractivity contribution >= 4 is 55.9 Å². The fourth-order valence-electron chi connectivity index (χ4n) is 2.88. The van der Waals surface area contributed by atoms with Gasteiger partial charge in [-0.25, -0.2) is 0 Å². The Morgan fingerprint density at radius 3 is 1.03 bits per heavy atom. The third kappa shape index (κ3) is 9.13. The van der Waals surface area contributed by atoms with Gasteiger partial charge in [0.05, 0.1) is 0 Å². The van der Waals surface area contributed by atoms with Gasteiger partial charge in [0, 0.05) is 0 Å². The van der Waals surface area contributed by atoms with E-state index in [0.717, 1.165) is 0 Å². The molecule has 0 aromatic heterocycles. The Labute approximate surface area is 196 Å². The van der Waals surface area contributed by atoms with E-state index in [-0.39, 0.29) is 0 Å². The van der Waals surface area contributed by atoms with Gasteiger partial charge >= 0.3 is 197 Å². The molecule has 3 aromatic rings. The van der Waals surface area contributed by atoms with Crippen LogP contribution in [0.5, 0.6) is 0 Å². The van der Waals surface area contributed by atoms with Crippen LogP contribution in [0.1, 0.15) is 0 Å². The van der Waals surface area contributed by atoms with Crippen LogP contribution in [-0.2, 0) is 0 Å². The summed E-state index contributed by atoms with van der Waals surface area (Å²) >= 11 is 9.72. The molecule has 152 valence electrons. The van der Waals surface area contributed by atoms with Gasteiger partial charge in [-0.3, -0.25) is 0 Å². The summed E-state index contributed by atoms with van der Waals surface area (Å²) in [4.78, 5) is 4.16. The normalized spacial score (nSPS) is 11.4. The van der Waals surface area contributed by atoms with Gasteiger partial charge in [0.15, 0.2) is 0 Å². The molecule has 0 saturated heterocycles. The van der Waals surface area contributed by atoms with E-state index in [4.69, 9.17) is 0 Å². The summed E-state index contributed by atoms with van der Waals surface area (Å²) in [5, 5.41) is 0. The Morgan fingerprint density at radius 2 is 0.759 bits per heavy atom. The van der Waals surface area contributed by atoms with Gasteiger partial charge < -0.3 is 0 Å². The van der Waals surface area contributed by atoms with E-state index < -0.39 is 5.51 Å². The Balaban J connectivity index is 1.52. The van der Waals surface area contributed by atoms with Crippen molar-refractivity contribution in [3.63, 3.8) is 0 Å². The van der Waals surface area contributed by atoms with Gasteiger partial charge in [0.1, 0.15) is 0 Å². The summed E-state index contributed by atoms with van der Waals surface area (Å²) in [6.45, 7) is 0. The Morgan fingerprint density at radius 1 is 0.483 bits per heavy atom. The zero-order valence-electron chi connectivity index (χ0n) is 16.5. The molecule has 0 radical (unpaired) electrons. The minimum absolute atomic E-state index is 1.07. The van der Waals surface area contributed by atoms with E-state index in [1.165, 1.54) is 50.4 Å². The van der Waals surface area contributed by atoms with Crippen LogP contribution in [0.25, 0.3) is 0 Å². The number of rotatable bonds is 12. The molecule has 0 aliphatic heterocycles. The fraction of sp³-hybridized carbons (Fsp3) is 0.250. The molecule has 0 unspecified atom stereocenters. The number of benzene rings is 3. The molecular formula is C24H27PS3Se. The van der Waals surface area contributed by atoms with Crippen molar-refractivity contribution in [1.29, 1.82) is 0 Å². The Hall–Kier alpha value is -0.341. The van der Waals surface area contributed by atoms with Crippen LogP contribution in [0.2, 0.25) is 0 Å². The maximum absolute atomic E-state index is 3.72. The maximum atomic E-state index is 3.72. The first-order valence-corrected chi connectivity index (χ1v) is 17.4. The van der Waals surface area contributed by atoms with Crippen LogP contribution in [0.3, 0.4) is 0 Å². The van der Waals surface area contributed by atoms with Gasteiger partial charge in [-0.15, -0.1) is 0 Å². The van der Waals surface area contributed by atoms with Crippen LogP contribution in [0, 0.1) is 0 Å². The monoisotopic (exact) mass is 522 g/mol. The molecule has 0 nitrogen and oxygen atoms in total. The summed E-state index contributed by atoms with van der Waals surface area (Å²) in [5.74, 6) is 3.62. The van der Waals surface area contributed by atoms with E-state index in [2.05, 4.69) is 106 Å². The van der Waals surface area contributed by atoms with Crippen molar-refractivity contribution in [3.8, 4) is 0 Å². The van der Waals surface area contributed by atoms with Crippen molar-refractivity contribution in [2.45, 2.75) is 14.7 Å². The molecule has 5 heteroatoms. The Bertz CT molecular complexity index is 755. The average Bonchev–Trinajstić information content (AvgIpc) is 2.76. The quantitative estimate of drug-likeness (QED) is 0.138. The van der Waals surface area contributed by atoms with E-state index in [1.807, 2.05) is 35.3 Å². The van der Waals surface area contributed by atoms with E-state index in [0.29, 0.717) is 0 Å². The molecule has 3 aromatic carbocycles. The van der Waals surface area contributed by atoms with E-state index in [1.54, 1.807) is 0 Å². The van der Waals surface area contributed by atoms with Crippen molar-refractivity contribution in [3.05, 3.63) is 91.0 Å². The van der Waals surface area contributed by atoms with Crippen molar-refractivity contribution < 1.29 is 0 Å². The second-order valence-electron chi connectivity index (χ2n) is 6.71. The number of thioether (sulfide) groups is 3. The molecule has 0 aliphatic carbocycles. The molecule has 0 saturated carbocycles. The van der Waals surface area contributed by atoms with Crippen LogP contribution in [0.15, 0.2) is 106 Å². The minimum atomic E-state index is -1.07. The second kappa shape index (κ2) is 13.2. The first-order valence-electron chi connectivity index (χ1n) is 9.84. The second-order valence-corrected chi connectivity index (χ2v) is 18.6. The first kappa shape index (κ1) is 23.3. The zero-order chi connectivity index (χ0) is 20.2. The third-order valence-corrected chi connectivity index (χ3v) is 15.0. The molecule has 29 heavy (non-hydrogen) atoms. The van der Waals surface area contributed by atoms with Gasteiger partial charge in [0.25, 0.3) is 0 Å². The molecule has 0 fully saturated rings. The molecule has 0 aliphatic rings. The van der Waals surface area contributed by atoms with Crippen molar-refractivity contribution in [2.24, 2.45) is 0 Å². The molecule has 0 N–H and O–H groups in total. The molecule has 0 bridgehead atoms. The molecular weight excluding hydrogens is 494 g/mol. The average molecular weight is 522 g/mol. The van der Waals surface area contributed by atoms with Gasteiger partial charge in [-0.2, -0.15) is 0 Å². The van der Waals surface area contributed by atoms with Crippen LogP contribution < -0.4 is 0 Å². The third-order valence-electron chi connectivity index (χ3n) is 4.53. The SMILES string of the molecule is [Se]=P(CCSc1ccccc1)(CCSc1ccccc1)CCSc1ccccc1. The van der Waals surface area contributed by atoms with Crippen LogP contribution in [0.4, 0.5) is 0 Å². The molecule has 0 atom stereocenters.